The van der Waals surface area contributed by atoms with Gasteiger partial charge in [0.05, 0.1) is 0 Å². The fourth-order valence-electron chi connectivity index (χ4n) is 3.39. The Labute approximate surface area is 137 Å². The number of nitrogens with one attached hydrogen (secondary N) is 1. The van der Waals surface area contributed by atoms with E-state index < -0.39 is 12.0 Å². The van der Waals surface area contributed by atoms with E-state index in [0.29, 0.717) is 13.0 Å². The molecule has 0 bridgehead atoms. The maximum atomic E-state index is 12.4. The van der Waals surface area contributed by atoms with Crippen LogP contribution in [0, 0.1) is 5.41 Å². The summed E-state index contributed by atoms with van der Waals surface area (Å²) < 4.78 is 0. The van der Waals surface area contributed by atoms with Gasteiger partial charge in [0.2, 0.25) is 5.91 Å². The monoisotopic (exact) mass is 318 g/mol. The maximum Gasteiger partial charge on any atom is 0.326 e. The van der Waals surface area contributed by atoms with Crippen molar-refractivity contribution >= 4 is 11.9 Å². The summed E-state index contributed by atoms with van der Waals surface area (Å²) >= 11 is 0. The molecule has 5 nitrogen and oxygen atoms in total. The lowest BCUT2D eigenvalue weighted by molar-refractivity contribution is -0.142. The van der Waals surface area contributed by atoms with Gasteiger partial charge in [-0.05, 0) is 30.4 Å². The van der Waals surface area contributed by atoms with Crippen LogP contribution in [0.3, 0.4) is 0 Å². The molecule has 126 valence electrons. The minimum atomic E-state index is -1.01. The van der Waals surface area contributed by atoms with Gasteiger partial charge < -0.3 is 16.2 Å². The lowest BCUT2D eigenvalue weighted by Gasteiger charge is -2.36. The zero-order chi connectivity index (χ0) is 16.7. The van der Waals surface area contributed by atoms with Gasteiger partial charge in [-0.25, -0.2) is 4.79 Å². The van der Waals surface area contributed by atoms with Gasteiger partial charge in [-0.15, -0.1) is 0 Å². The van der Waals surface area contributed by atoms with Gasteiger partial charge in [0.1, 0.15) is 6.04 Å². The summed E-state index contributed by atoms with van der Waals surface area (Å²) in [4.78, 5) is 23.8. The Hall–Kier alpha value is -1.88. The van der Waals surface area contributed by atoms with Crippen LogP contribution in [0.4, 0.5) is 0 Å². The highest BCUT2D eigenvalue weighted by Gasteiger charge is 2.34. The first-order valence-electron chi connectivity index (χ1n) is 8.31. The molecule has 1 aliphatic rings. The molecule has 2 rings (SSSR count). The second-order valence-corrected chi connectivity index (χ2v) is 6.59. The van der Waals surface area contributed by atoms with Gasteiger partial charge in [-0.3, -0.25) is 4.79 Å². The van der Waals surface area contributed by atoms with Gasteiger partial charge in [0.25, 0.3) is 0 Å². The van der Waals surface area contributed by atoms with E-state index in [0.717, 1.165) is 31.2 Å². The molecule has 0 aromatic heterocycles. The van der Waals surface area contributed by atoms with E-state index in [1.165, 1.54) is 6.42 Å². The number of hydrogen-bond donors (Lipinski definition) is 3. The summed E-state index contributed by atoms with van der Waals surface area (Å²) in [7, 11) is 0. The maximum absolute atomic E-state index is 12.4. The van der Waals surface area contributed by atoms with Crippen LogP contribution in [0.25, 0.3) is 0 Å². The summed E-state index contributed by atoms with van der Waals surface area (Å²) in [6, 6.07) is 8.44. The third kappa shape index (κ3) is 5.06. The molecule has 1 atom stereocenters. The van der Waals surface area contributed by atoms with Gasteiger partial charge in [-0.2, -0.15) is 0 Å². The van der Waals surface area contributed by atoms with Crippen molar-refractivity contribution in [3.8, 4) is 0 Å². The first-order valence-corrected chi connectivity index (χ1v) is 8.31. The number of rotatable bonds is 7. The second kappa shape index (κ2) is 8.11. The molecule has 23 heavy (non-hydrogen) atoms. The van der Waals surface area contributed by atoms with Crippen molar-refractivity contribution < 1.29 is 14.7 Å². The largest absolute Gasteiger partial charge is 0.480 e. The number of benzene rings is 1. The third-order valence-electron chi connectivity index (χ3n) is 4.80. The molecule has 1 aliphatic carbocycles. The first-order chi connectivity index (χ1) is 11.0. The molecule has 0 unspecified atom stereocenters. The van der Waals surface area contributed by atoms with Gasteiger partial charge >= 0.3 is 5.97 Å². The van der Waals surface area contributed by atoms with Crippen LogP contribution < -0.4 is 11.1 Å². The summed E-state index contributed by atoms with van der Waals surface area (Å²) in [6.07, 6.45) is 5.89. The molecule has 1 aromatic rings. The van der Waals surface area contributed by atoms with Crippen molar-refractivity contribution in [2.75, 3.05) is 6.54 Å². The average Bonchev–Trinajstić information content (AvgIpc) is 2.56. The lowest BCUT2D eigenvalue weighted by atomic mass is 9.71. The Bertz CT molecular complexity index is 524. The predicted octanol–water partition coefficient (Wildman–Crippen LogP) is 2.10. The highest BCUT2D eigenvalue weighted by atomic mass is 16.4. The molecule has 1 fully saturated rings. The lowest BCUT2D eigenvalue weighted by Crippen LogP contribution is -2.45. The minimum Gasteiger partial charge on any atom is -0.480 e. The van der Waals surface area contributed by atoms with E-state index in [9.17, 15) is 14.7 Å². The number of carbonyl (C=O) groups is 2. The van der Waals surface area contributed by atoms with Gasteiger partial charge in [-0.1, -0.05) is 49.6 Å². The van der Waals surface area contributed by atoms with E-state index >= 15 is 0 Å². The molecule has 0 aliphatic heterocycles. The molecule has 1 aromatic carbocycles. The molecular weight excluding hydrogens is 292 g/mol. The van der Waals surface area contributed by atoms with Crippen molar-refractivity contribution in [3.63, 3.8) is 0 Å². The topological polar surface area (TPSA) is 92.4 Å². The zero-order valence-electron chi connectivity index (χ0n) is 13.5. The first kappa shape index (κ1) is 17.5. The van der Waals surface area contributed by atoms with Crippen molar-refractivity contribution in [3.05, 3.63) is 35.9 Å². The Morgan fingerprint density at radius 2 is 1.83 bits per heavy atom. The number of carbonyl (C=O) groups excluding carboxylic acids is 1. The summed E-state index contributed by atoms with van der Waals surface area (Å²) in [5, 5.41) is 12.0. The fourth-order valence-corrected chi connectivity index (χ4v) is 3.39. The smallest absolute Gasteiger partial charge is 0.326 e. The SMILES string of the molecule is NCC1(CC(=O)N[C@H](Cc2ccccc2)C(=O)O)CCCCC1. The van der Waals surface area contributed by atoms with E-state index in [1.54, 1.807) is 0 Å². The summed E-state index contributed by atoms with van der Waals surface area (Å²) in [6.45, 7) is 0.483. The van der Waals surface area contributed by atoms with E-state index in [1.807, 2.05) is 30.3 Å². The summed E-state index contributed by atoms with van der Waals surface area (Å²) in [5.41, 5.74) is 6.64. The van der Waals surface area contributed by atoms with Crippen molar-refractivity contribution in [2.24, 2.45) is 11.1 Å². The van der Waals surface area contributed by atoms with E-state index in [2.05, 4.69) is 5.32 Å². The number of carboxylic acid groups (broad SMARTS) is 1. The third-order valence-corrected chi connectivity index (χ3v) is 4.80. The highest BCUT2D eigenvalue weighted by Crippen LogP contribution is 2.38. The van der Waals surface area contributed by atoms with Crippen LogP contribution in [-0.2, 0) is 16.0 Å². The fraction of sp³-hybridized carbons (Fsp3) is 0.556. The van der Waals surface area contributed by atoms with E-state index in [4.69, 9.17) is 5.73 Å². The van der Waals surface area contributed by atoms with Crippen LogP contribution in [0.1, 0.15) is 44.1 Å². The zero-order valence-corrected chi connectivity index (χ0v) is 13.5. The van der Waals surface area contributed by atoms with E-state index in [-0.39, 0.29) is 17.7 Å². The molecule has 4 N–H and O–H groups in total. The molecule has 5 heteroatoms. The Morgan fingerprint density at radius 3 is 2.39 bits per heavy atom. The number of amides is 1. The molecule has 1 amide bonds. The Balaban J connectivity index is 1.96. The molecule has 0 heterocycles. The van der Waals surface area contributed by atoms with Gasteiger partial charge in [0, 0.05) is 12.8 Å². The van der Waals surface area contributed by atoms with Crippen LogP contribution in [0.15, 0.2) is 30.3 Å². The number of nitrogens with two attached hydrogens (primary N) is 1. The van der Waals surface area contributed by atoms with Crippen molar-refractivity contribution in [1.29, 1.82) is 0 Å². The van der Waals surface area contributed by atoms with Crippen molar-refractivity contribution in [2.45, 2.75) is 51.0 Å². The molecule has 0 saturated heterocycles. The van der Waals surface area contributed by atoms with Crippen LogP contribution in [0.2, 0.25) is 0 Å². The Kier molecular flexibility index (Phi) is 6.16. The number of carboxylic acids is 1. The minimum absolute atomic E-state index is 0.155. The van der Waals surface area contributed by atoms with Crippen molar-refractivity contribution in [1.82, 2.24) is 5.32 Å². The highest BCUT2D eigenvalue weighted by molar-refractivity contribution is 5.84. The number of hydrogen-bond acceptors (Lipinski definition) is 3. The van der Waals surface area contributed by atoms with Crippen LogP contribution in [0.5, 0.6) is 0 Å². The predicted molar refractivity (Wildman–Crippen MR) is 88.9 cm³/mol. The second-order valence-electron chi connectivity index (χ2n) is 6.59. The number of aliphatic carboxylic acids is 1. The molecule has 0 spiro atoms. The quantitative estimate of drug-likeness (QED) is 0.718. The van der Waals surface area contributed by atoms with Crippen LogP contribution in [-0.4, -0.2) is 29.6 Å². The average molecular weight is 318 g/mol. The molecule has 0 radical (unpaired) electrons. The standard InChI is InChI=1S/C18H26N2O3/c19-13-18(9-5-2-6-10-18)12-16(21)20-15(17(22)23)11-14-7-3-1-4-8-14/h1,3-4,7-8,15H,2,5-6,9-13,19H2,(H,20,21)(H,22,23)/t15-/m1/s1. The molecule has 1 saturated carbocycles. The Morgan fingerprint density at radius 1 is 1.17 bits per heavy atom. The van der Waals surface area contributed by atoms with Crippen LogP contribution >= 0.6 is 0 Å². The normalized spacial score (nSPS) is 18.1. The summed E-state index contributed by atoms with van der Waals surface area (Å²) in [5.74, 6) is -1.21. The molecular formula is C18H26N2O3. The van der Waals surface area contributed by atoms with Gasteiger partial charge in [0.15, 0.2) is 0 Å².